The van der Waals surface area contributed by atoms with Crippen LogP contribution in [0.2, 0.25) is 0 Å². The zero-order valence-corrected chi connectivity index (χ0v) is 15.7. The van der Waals surface area contributed by atoms with Crippen molar-refractivity contribution in [2.24, 2.45) is 5.92 Å². The van der Waals surface area contributed by atoms with Crippen LogP contribution < -0.4 is 10.6 Å². The average molecular weight is 385 g/mol. The van der Waals surface area contributed by atoms with Crippen LogP contribution in [0.1, 0.15) is 38.5 Å². The largest absolute Gasteiger partial charge is 0.480 e. The summed E-state index contributed by atoms with van der Waals surface area (Å²) in [6.07, 6.45) is 4.19. The van der Waals surface area contributed by atoms with E-state index in [2.05, 4.69) is 10.6 Å². The standard InChI is InChI=1S/C18H31N3O6/c22-11-15(20-16(23)2-1-13-3-7-19-8-4-13)18(26)21-9-5-14(6-10-21)27-12-17(24)25/h13-15,19,22H,1-12H2,(H,20,23)(H,24,25)/t15-/m0/s1. The smallest absolute Gasteiger partial charge is 0.329 e. The number of carbonyl (C=O) groups excluding carboxylic acids is 2. The zero-order chi connectivity index (χ0) is 19.6. The Labute approximate surface area is 159 Å². The van der Waals surface area contributed by atoms with Crippen molar-refractivity contribution in [3.63, 3.8) is 0 Å². The van der Waals surface area contributed by atoms with Crippen molar-refractivity contribution in [3.8, 4) is 0 Å². The maximum Gasteiger partial charge on any atom is 0.329 e. The molecule has 2 amide bonds. The van der Waals surface area contributed by atoms with Gasteiger partial charge in [-0.1, -0.05) is 0 Å². The Morgan fingerprint density at radius 1 is 1.15 bits per heavy atom. The zero-order valence-electron chi connectivity index (χ0n) is 15.7. The summed E-state index contributed by atoms with van der Waals surface area (Å²) in [7, 11) is 0. The molecule has 0 bridgehead atoms. The highest BCUT2D eigenvalue weighted by atomic mass is 16.5. The van der Waals surface area contributed by atoms with Crippen molar-refractivity contribution in [3.05, 3.63) is 0 Å². The first-order valence-corrected chi connectivity index (χ1v) is 9.72. The van der Waals surface area contributed by atoms with E-state index in [-0.39, 0.29) is 24.5 Å². The second-order valence-electron chi connectivity index (χ2n) is 7.26. The van der Waals surface area contributed by atoms with E-state index in [1.54, 1.807) is 4.90 Å². The van der Waals surface area contributed by atoms with E-state index in [0.717, 1.165) is 32.4 Å². The van der Waals surface area contributed by atoms with Gasteiger partial charge in [0.25, 0.3) is 0 Å². The van der Waals surface area contributed by atoms with E-state index in [4.69, 9.17) is 9.84 Å². The summed E-state index contributed by atoms with van der Waals surface area (Å²) in [6, 6.07) is -0.929. The highest BCUT2D eigenvalue weighted by Crippen LogP contribution is 2.18. The Morgan fingerprint density at radius 3 is 2.41 bits per heavy atom. The Kier molecular flexibility index (Phi) is 8.96. The number of carbonyl (C=O) groups is 3. The van der Waals surface area contributed by atoms with Gasteiger partial charge < -0.3 is 30.5 Å². The van der Waals surface area contributed by atoms with Gasteiger partial charge in [-0.3, -0.25) is 9.59 Å². The molecular formula is C18H31N3O6. The normalized spacial score (nSPS) is 20.3. The topological polar surface area (TPSA) is 128 Å². The number of amides is 2. The molecule has 2 saturated heterocycles. The maximum absolute atomic E-state index is 12.6. The minimum atomic E-state index is -1.01. The van der Waals surface area contributed by atoms with E-state index in [9.17, 15) is 19.5 Å². The van der Waals surface area contributed by atoms with Crippen LogP contribution in [-0.4, -0.2) is 84.4 Å². The van der Waals surface area contributed by atoms with E-state index < -0.39 is 18.6 Å². The first-order chi connectivity index (χ1) is 13.0. The molecule has 1 atom stereocenters. The van der Waals surface area contributed by atoms with E-state index in [1.165, 1.54) is 0 Å². The van der Waals surface area contributed by atoms with Gasteiger partial charge in [-0.25, -0.2) is 4.79 Å². The molecule has 2 aliphatic rings. The molecule has 154 valence electrons. The summed E-state index contributed by atoms with van der Waals surface area (Å²) in [5, 5.41) is 24.1. The fourth-order valence-electron chi connectivity index (χ4n) is 3.61. The second kappa shape index (κ2) is 11.2. The molecule has 0 radical (unpaired) electrons. The number of aliphatic hydroxyl groups excluding tert-OH is 1. The molecule has 0 aliphatic carbocycles. The van der Waals surface area contributed by atoms with Crippen LogP contribution in [0, 0.1) is 5.92 Å². The molecule has 9 heteroatoms. The number of nitrogens with one attached hydrogen (secondary N) is 2. The highest BCUT2D eigenvalue weighted by Gasteiger charge is 2.29. The Balaban J connectivity index is 1.71. The number of aliphatic hydroxyl groups is 1. The fourth-order valence-corrected chi connectivity index (χ4v) is 3.61. The quantitative estimate of drug-likeness (QED) is 0.415. The van der Waals surface area contributed by atoms with Crippen LogP contribution in [0.25, 0.3) is 0 Å². The molecule has 27 heavy (non-hydrogen) atoms. The van der Waals surface area contributed by atoms with Gasteiger partial charge in [0.1, 0.15) is 12.6 Å². The molecule has 9 nitrogen and oxygen atoms in total. The van der Waals surface area contributed by atoms with Gasteiger partial charge in [0.2, 0.25) is 11.8 Å². The number of hydrogen-bond donors (Lipinski definition) is 4. The summed E-state index contributed by atoms with van der Waals surface area (Å²) in [6.45, 7) is 2.03. The van der Waals surface area contributed by atoms with E-state index in [0.29, 0.717) is 38.3 Å². The molecule has 0 unspecified atom stereocenters. The molecular weight excluding hydrogens is 354 g/mol. The van der Waals surface area contributed by atoms with Gasteiger partial charge in [-0.05, 0) is 51.1 Å². The van der Waals surface area contributed by atoms with Gasteiger partial charge in [-0.15, -0.1) is 0 Å². The summed E-state index contributed by atoms with van der Waals surface area (Å²) in [5.74, 6) is -0.990. The van der Waals surface area contributed by atoms with Crippen molar-refractivity contribution in [2.75, 3.05) is 39.4 Å². The summed E-state index contributed by atoms with van der Waals surface area (Å²) in [4.78, 5) is 36.8. The molecule has 0 spiro atoms. The van der Waals surface area contributed by atoms with Crippen LogP contribution in [0.15, 0.2) is 0 Å². The predicted octanol–water partition coefficient (Wildman–Crippen LogP) is -0.664. The van der Waals surface area contributed by atoms with Crippen LogP contribution in [0.3, 0.4) is 0 Å². The number of carboxylic acid groups (broad SMARTS) is 1. The third-order valence-electron chi connectivity index (χ3n) is 5.25. The minimum Gasteiger partial charge on any atom is -0.480 e. The molecule has 0 saturated carbocycles. The number of hydrogen-bond acceptors (Lipinski definition) is 6. The average Bonchev–Trinajstić information content (AvgIpc) is 2.69. The third-order valence-corrected chi connectivity index (χ3v) is 5.25. The van der Waals surface area contributed by atoms with Crippen molar-refractivity contribution in [2.45, 2.75) is 50.7 Å². The van der Waals surface area contributed by atoms with Crippen molar-refractivity contribution in [1.82, 2.24) is 15.5 Å². The fraction of sp³-hybridized carbons (Fsp3) is 0.833. The Hall–Kier alpha value is -1.71. The lowest BCUT2D eigenvalue weighted by Crippen LogP contribution is -2.53. The van der Waals surface area contributed by atoms with Crippen LogP contribution in [0.5, 0.6) is 0 Å². The molecule has 2 fully saturated rings. The molecule has 0 aromatic heterocycles. The van der Waals surface area contributed by atoms with Crippen LogP contribution in [0.4, 0.5) is 0 Å². The van der Waals surface area contributed by atoms with Crippen molar-refractivity contribution >= 4 is 17.8 Å². The predicted molar refractivity (Wildman–Crippen MR) is 97.0 cm³/mol. The number of piperidine rings is 2. The first-order valence-electron chi connectivity index (χ1n) is 9.72. The second-order valence-corrected chi connectivity index (χ2v) is 7.26. The third kappa shape index (κ3) is 7.43. The van der Waals surface area contributed by atoms with Gasteiger partial charge in [0.15, 0.2) is 0 Å². The number of aliphatic carboxylic acids is 1. The molecule has 2 aliphatic heterocycles. The number of carboxylic acids is 1. The Morgan fingerprint density at radius 2 is 1.81 bits per heavy atom. The summed E-state index contributed by atoms with van der Waals surface area (Å²) < 4.78 is 5.25. The number of ether oxygens (including phenoxy) is 1. The maximum atomic E-state index is 12.6. The minimum absolute atomic E-state index is 0.183. The number of nitrogens with zero attached hydrogens (tertiary/aromatic N) is 1. The number of rotatable bonds is 9. The molecule has 2 heterocycles. The Bertz CT molecular complexity index is 501. The van der Waals surface area contributed by atoms with Crippen LogP contribution >= 0.6 is 0 Å². The van der Waals surface area contributed by atoms with Gasteiger partial charge >= 0.3 is 5.97 Å². The van der Waals surface area contributed by atoms with Gasteiger partial charge in [0.05, 0.1) is 12.7 Å². The lowest BCUT2D eigenvalue weighted by molar-refractivity contribution is -0.147. The molecule has 0 aromatic rings. The van der Waals surface area contributed by atoms with Gasteiger partial charge in [0, 0.05) is 19.5 Å². The highest BCUT2D eigenvalue weighted by molar-refractivity contribution is 5.87. The monoisotopic (exact) mass is 385 g/mol. The molecule has 4 N–H and O–H groups in total. The van der Waals surface area contributed by atoms with Crippen molar-refractivity contribution < 1.29 is 29.3 Å². The summed E-state index contributed by atoms with van der Waals surface area (Å²) >= 11 is 0. The molecule has 0 aromatic carbocycles. The van der Waals surface area contributed by atoms with E-state index in [1.807, 2.05) is 0 Å². The number of likely N-dealkylation sites (tertiary alicyclic amines) is 1. The van der Waals surface area contributed by atoms with E-state index >= 15 is 0 Å². The van der Waals surface area contributed by atoms with Gasteiger partial charge in [-0.2, -0.15) is 0 Å². The first kappa shape index (κ1) is 21.6. The van der Waals surface area contributed by atoms with Crippen molar-refractivity contribution in [1.29, 1.82) is 0 Å². The lowest BCUT2D eigenvalue weighted by Gasteiger charge is -2.33. The molecule has 2 rings (SSSR count). The summed E-state index contributed by atoms with van der Waals surface area (Å²) in [5.41, 5.74) is 0. The SMILES string of the molecule is O=C(O)COC1CCN(C(=O)[C@H](CO)NC(=O)CCC2CCNCC2)CC1. The lowest BCUT2D eigenvalue weighted by atomic mass is 9.93. The van der Waals surface area contributed by atoms with Crippen LogP contribution in [-0.2, 0) is 19.1 Å².